The zero-order chi connectivity index (χ0) is 8.97. The minimum Gasteiger partial charge on any atom is -0.432 e. The molecular weight excluding hydrogens is 161 g/mol. The highest BCUT2D eigenvalue weighted by Gasteiger charge is 1.96. The molecule has 12 heavy (non-hydrogen) atoms. The molecule has 0 fully saturated rings. The van der Waals surface area contributed by atoms with E-state index in [1.807, 2.05) is 0 Å². The van der Waals surface area contributed by atoms with Crippen LogP contribution in [0.5, 0.6) is 0 Å². The highest BCUT2D eigenvalue weighted by atomic mass is 19.1. The van der Waals surface area contributed by atoms with Gasteiger partial charge in [0.15, 0.2) is 0 Å². The van der Waals surface area contributed by atoms with Crippen LogP contribution in [0.4, 0.5) is 4.39 Å². The van der Waals surface area contributed by atoms with Crippen molar-refractivity contribution in [2.45, 2.75) is 6.92 Å². The normalized spacial score (nSPS) is 11.0. The number of azide groups is 1. The largest absolute Gasteiger partial charge is 0.432 e. The fourth-order valence-electron chi connectivity index (χ4n) is 0.711. The molecule has 0 atom stereocenters. The van der Waals surface area contributed by atoms with Crippen molar-refractivity contribution in [3.63, 3.8) is 0 Å². The second kappa shape index (κ2) is 3.59. The van der Waals surface area contributed by atoms with Crippen LogP contribution in [0, 0.1) is 6.01 Å². The standard InChI is InChI=1S/C7H6FN3O/c1-5(10-11-9)4-6-2-3-7(8)12-6/h2-4H,1H3/b5-4-. The SMILES string of the molecule is C/C(=C/c1ccc(F)o1)N=[N+]=[N-]. The summed E-state index contributed by atoms with van der Waals surface area (Å²) in [7, 11) is 0. The zero-order valence-corrected chi connectivity index (χ0v) is 6.36. The van der Waals surface area contributed by atoms with E-state index in [2.05, 4.69) is 14.4 Å². The van der Waals surface area contributed by atoms with Gasteiger partial charge in [0.2, 0.25) is 0 Å². The second-order valence-electron chi connectivity index (χ2n) is 2.12. The Kier molecular flexibility index (Phi) is 2.50. The monoisotopic (exact) mass is 167 g/mol. The molecule has 0 aliphatic rings. The number of hydrogen-bond donors (Lipinski definition) is 0. The van der Waals surface area contributed by atoms with Crippen molar-refractivity contribution in [3.05, 3.63) is 40.0 Å². The van der Waals surface area contributed by atoms with Gasteiger partial charge in [-0.15, -0.1) is 0 Å². The molecule has 0 aliphatic heterocycles. The molecule has 0 spiro atoms. The van der Waals surface area contributed by atoms with Crippen LogP contribution < -0.4 is 0 Å². The summed E-state index contributed by atoms with van der Waals surface area (Å²) in [4.78, 5) is 2.56. The number of allylic oxidation sites excluding steroid dienone is 1. The molecule has 0 saturated carbocycles. The molecule has 4 nitrogen and oxygen atoms in total. The van der Waals surface area contributed by atoms with E-state index in [1.54, 1.807) is 6.92 Å². The molecule has 1 rings (SSSR count). The Morgan fingerprint density at radius 2 is 2.50 bits per heavy atom. The Hall–Kier alpha value is -1.74. The predicted molar refractivity (Wildman–Crippen MR) is 41.5 cm³/mol. The lowest BCUT2D eigenvalue weighted by atomic mass is 10.4. The Morgan fingerprint density at radius 3 is 3.00 bits per heavy atom. The first kappa shape index (κ1) is 8.36. The summed E-state index contributed by atoms with van der Waals surface area (Å²) in [6, 6.07) is 1.98. The van der Waals surface area contributed by atoms with Gasteiger partial charge >= 0.3 is 0 Å². The van der Waals surface area contributed by atoms with Gasteiger partial charge in [-0.25, -0.2) is 0 Å². The van der Waals surface area contributed by atoms with E-state index in [4.69, 9.17) is 5.53 Å². The summed E-state index contributed by atoms with van der Waals surface area (Å²) in [6.07, 6.45) is 1.45. The van der Waals surface area contributed by atoms with Crippen LogP contribution in [0.3, 0.4) is 0 Å². The van der Waals surface area contributed by atoms with Gasteiger partial charge < -0.3 is 4.42 Å². The number of nitrogens with zero attached hydrogens (tertiary/aromatic N) is 3. The Morgan fingerprint density at radius 1 is 1.75 bits per heavy atom. The Balaban J connectivity index is 2.87. The molecule has 1 heterocycles. The maximum atomic E-state index is 12.3. The van der Waals surface area contributed by atoms with Gasteiger partial charge in [-0.3, -0.25) is 0 Å². The fourth-order valence-corrected chi connectivity index (χ4v) is 0.711. The van der Waals surface area contributed by atoms with Crippen molar-refractivity contribution in [2.24, 2.45) is 5.11 Å². The van der Waals surface area contributed by atoms with Crippen molar-refractivity contribution < 1.29 is 8.81 Å². The Labute approximate surface area is 67.9 Å². The molecule has 0 radical (unpaired) electrons. The average Bonchev–Trinajstić information content (AvgIpc) is 2.36. The van der Waals surface area contributed by atoms with Gasteiger partial charge in [0.05, 0.1) is 0 Å². The maximum Gasteiger partial charge on any atom is 0.278 e. The van der Waals surface area contributed by atoms with Crippen molar-refractivity contribution in [1.29, 1.82) is 0 Å². The molecule has 0 amide bonds. The van der Waals surface area contributed by atoms with Crippen molar-refractivity contribution >= 4 is 6.08 Å². The predicted octanol–water partition coefficient (Wildman–Crippen LogP) is 3.09. The molecule has 1 aromatic heterocycles. The molecule has 0 unspecified atom stereocenters. The summed E-state index contributed by atoms with van der Waals surface area (Å²) in [6.45, 7) is 1.60. The number of hydrogen-bond acceptors (Lipinski definition) is 2. The third kappa shape index (κ3) is 2.14. The van der Waals surface area contributed by atoms with Crippen molar-refractivity contribution in [2.75, 3.05) is 0 Å². The lowest BCUT2D eigenvalue weighted by molar-refractivity contribution is 0.355. The lowest BCUT2D eigenvalue weighted by Crippen LogP contribution is -1.66. The molecule has 5 heteroatoms. The quantitative estimate of drug-likeness (QED) is 0.379. The molecule has 0 N–H and O–H groups in total. The second-order valence-corrected chi connectivity index (χ2v) is 2.12. The molecule has 0 saturated heterocycles. The first-order valence-corrected chi connectivity index (χ1v) is 3.21. The van der Waals surface area contributed by atoms with E-state index in [0.717, 1.165) is 0 Å². The molecule has 0 aliphatic carbocycles. The summed E-state index contributed by atoms with van der Waals surface area (Å²) in [5.74, 6) is 0.331. The highest BCUT2D eigenvalue weighted by molar-refractivity contribution is 5.45. The smallest absolute Gasteiger partial charge is 0.278 e. The first-order chi connectivity index (χ1) is 5.72. The van der Waals surface area contributed by atoms with Crippen LogP contribution in [-0.4, -0.2) is 0 Å². The zero-order valence-electron chi connectivity index (χ0n) is 6.36. The van der Waals surface area contributed by atoms with E-state index >= 15 is 0 Å². The third-order valence-corrected chi connectivity index (χ3v) is 1.15. The van der Waals surface area contributed by atoms with Crippen molar-refractivity contribution in [3.8, 4) is 0 Å². The number of halogens is 1. The average molecular weight is 167 g/mol. The van der Waals surface area contributed by atoms with Crippen LogP contribution in [0.25, 0.3) is 16.5 Å². The van der Waals surface area contributed by atoms with Gasteiger partial charge in [-0.05, 0) is 24.6 Å². The van der Waals surface area contributed by atoms with Crippen LogP contribution in [-0.2, 0) is 0 Å². The Bertz CT molecular complexity index is 349. The van der Waals surface area contributed by atoms with Crippen LogP contribution in [0.15, 0.2) is 27.4 Å². The van der Waals surface area contributed by atoms with Crippen LogP contribution in [0.1, 0.15) is 12.7 Å². The van der Waals surface area contributed by atoms with E-state index in [1.165, 1.54) is 18.2 Å². The minimum absolute atomic E-state index is 0.331. The van der Waals surface area contributed by atoms with Gasteiger partial charge in [0, 0.05) is 16.7 Å². The van der Waals surface area contributed by atoms with Crippen LogP contribution >= 0.6 is 0 Å². The van der Waals surface area contributed by atoms with Gasteiger partial charge in [0.25, 0.3) is 6.01 Å². The lowest BCUT2D eigenvalue weighted by Gasteiger charge is -1.85. The molecule has 0 aromatic carbocycles. The molecule has 62 valence electrons. The summed E-state index contributed by atoms with van der Waals surface area (Å²) in [5, 5.41) is 3.29. The van der Waals surface area contributed by atoms with E-state index in [9.17, 15) is 4.39 Å². The summed E-state index contributed by atoms with van der Waals surface area (Å²) in [5.41, 5.74) is 8.46. The third-order valence-electron chi connectivity index (χ3n) is 1.15. The number of rotatable bonds is 2. The molecule has 1 aromatic rings. The fraction of sp³-hybridized carbons (Fsp3) is 0.143. The minimum atomic E-state index is -0.657. The number of furan rings is 1. The molecule has 0 bridgehead atoms. The highest BCUT2D eigenvalue weighted by Crippen LogP contribution is 2.10. The topological polar surface area (TPSA) is 61.9 Å². The van der Waals surface area contributed by atoms with Crippen LogP contribution in [0.2, 0.25) is 0 Å². The summed E-state index contributed by atoms with van der Waals surface area (Å²) >= 11 is 0. The van der Waals surface area contributed by atoms with Crippen molar-refractivity contribution in [1.82, 2.24) is 0 Å². The summed E-state index contributed by atoms with van der Waals surface area (Å²) < 4.78 is 16.8. The van der Waals surface area contributed by atoms with Gasteiger partial charge in [0.1, 0.15) is 5.76 Å². The van der Waals surface area contributed by atoms with E-state index in [0.29, 0.717) is 11.5 Å². The first-order valence-electron chi connectivity index (χ1n) is 3.21. The van der Waals surface area contributed by atoms with E-state index in [-0.39, 0.29) is 0 Å². The molecular formula is C7H6FN3O. The van der Waals surface area contributed by atoms with E-state index < -0.39 is 6.01 Å². The van der Waals surface area contributed by atoms with Gasteiger partial charge in [-0.1, -0.05) is 5.11 Å². The maximum absolute atomic E-state index is 12.3. The van der Waals surface area contributed by atoms with Gasteiger partial charge in [-0.2, -0.15) is 4.39 Å².